The molecule has 1 aromatic carbocycles. The van der Waals surface area contributed by atoms with E-state index in [-0.39, 0.29) is 17.9 Å². The number of hydrogen-bond acceptors (Lipinski definition) is 4. The van der Waals surface area contributed by atoms with E-state index >= 15 is 0 Å². The molecule has 2 amide bonds. The van der Waals surface area contributed by atoms with E-state index in [0.29, 0.717) is 19.0 Å². The van der Waals surface area contributed by atoms with Crippen LogP contribution in [0.15, 0.2) is 28.7 Å². The second-order valence-electron chi connectivity index (χ2n) is 9.52. The van der Waals surface area contributed by atoms with Crippen molar-refractivity contribution >= 4 is 27.7 Å². The number of halogens is 1. The third-order valence-corrected chi connectivity index (χ3v) is 7.85. The van der Waals surface area contributed by atoms with Crippen LogP contribution in [-0.4, -0.2) is 84.9 Å². The molecule has 1 saturated carbocycles. The van der Waals surface area contributed by atoms with E-state index in [9.17, 15) is 9.59 Å². The Hall–Kier alpha value is -1.44. The van der Waals surface area contributed by atoms with E-state index in [1.807, 2.05) is 29.2 Å². The van der Waals surface area contributed by atoms with Crippen LogP contribution in [0, 0.1) is 5.92 Å². The van der Waals surface area contributed by atoms with Gasteiger partial charge in [-0.2, -0.15) is 0 Å². The number of carbonyl (C=O) groups excluding carboxylic acids is 2. The molecule has 0 radical (unpaired) electrons. The van der Waals surface area contributed by atoms with Crippen molar-refractivity contribution in [1.29, 1.82) is 0 Å². The average Bonchev–Trinajstić information content (AvgIpc) is 3.34. The molecule has 1 N–H and O–H groups in total. The molecule has 7 heteroatoms. The summed E-state index contributed by atoms with van der Waals surface area (Å²) in [6.45, 7) is 6.90. The lowest BCUT2D eigenvalue weighted by molar-refractivity contribution is -0.129. The number of hydrogen-bond donors (Lipinski definition) is 1. The van der Waals surface area contributed by atoms with E-state index in [1.165, 1.54) is 32.1 Å². The van der Waals surface area contributed by atoms with E-state index < -0.39 is 0 Å². The minimum Gasteiger partial charge on any atom is -0.353 e. The van der Waals surface area contributed by atoms with Gasteiger partial charge in [-0.3, -0.25) is 14.5 Å². The van der Waals surface area contributed by atoms with Crippen molar-refractivity contribution in [3.8, 4) is 0 Å². The highest BCUT2D eigenvalue weighted by Gasteiger charge is 2.37. The van der Waals surface area contributed by atoms with Crippen LogP contribution in [0.3, 0.4) is 0 Å². The van der Waals surface area contributed by atoms with Gasteiger partial charge in [0.1, 0.15) is 0 Å². The number of piperidine rings is 1. The molecule has 1 aliphatic carbocycles. The number of benzene rings is 1. The number of likely N-dealkylation sites (tertiary alicyclic amines) is 1. The Bertz CT molecular complexity index is 769. The van der Waals surface area contributed by atoms with E-state index in [4.69, 9.17) is 0 Å². The maximum Gasteiger partial charge on any atom is 0.253 e. The molecule has 176 valence electrons. The molecule has 1 atom stereocenters. The Morgan fingerprint density at radius 2 is 1.69 bits per heavy atom. The largest absolute Gasteiger partial charge is 0.353 e. The minimum absolute atomic E-state index is 0.0537. The normalized spacial score (nSPS) is 22.1. The molecule has 2 heterocycles. The summed E-state index contributed by atoms with van der Waals surface area (Å²) < 4.78 is 0.921. The zero-order valence-corrected chi connectivity index (χ0v) is 20.7. The van der Waals surface area contributed by atoms with Crippen LogP contribution < -0.4 is 5.32 Å². The molecule has 3 fully saturated rings. The summed E-state index contributed by atoms with van der Waals surface area (Å²) in [6, 6.07) is 7.53. The number of amides is 2. The van der Waals surface area contributed by atoms with Crippen molar-refractivity contribution in [3.63, 3.8) is 0 Å². The number of nitrogens with zero attached hydrogens (tertiary/aromatic N) is 3. The van der Waals surface area contributed by atoms with Crippen LogP contribution in [0.5, 0.6) is 0 Å². The third kappa shape index (κ3) is 6.12. The van der Waals surface area contributed by atoms with Crippen LogP contribution in [-0.2, 0) is 4.79 Å². The summed E-state index contributed by atoms with van der Waals surface area (Å²) in [7, 11) is 0. The molecular weight excluding hydrogens is 468 g/mol. The van der Waals surface area contributed by atoms with Gasteiger partial charge in [0.25, 0.3) is 5.91 Å². The summed E-state index contributed by atoms with van der Waals surface area (Å²) in [4.78, 5) is 32.9. The number of rotatable bonds is 7. The van der Waals surface area contributed by atoms with E-state index in [0.717, 1.165) is 62.1 Å². The minimum atomic E-state index is -0.0537. The smallest absolute Gasteiger partial charge is 0.253 e. The Balaban J connectivity index is 1.32. The molecule has 3 aliphatic rings. The Morgan fingerprint density at radius 1 is 0.969 bits per heavy atom. The maximum absolute atomic E-state index is 13.3. The second kappa shape index (κ2) is 11.6. The fraction of sp³-hybridized carbons (Fsp3) is 0.680. The predicted octanol–water partition coefficient (Wildman–Crippen LogP) is 3.37. The van der Waals surface area contributed by atoms with Gasteiger partial charge >= 0.3 is 0 Å². The topological polar surface area (TPSA) is 55.9 Å². The van der Waals surface area contributed by atoms with Crippen LogP contribution in [0.2, 0.25) is 0 Å². The third-order valence-electron chi connectivity index (χ3n) is 7.36. The Morgan fingerprint density at radius 3 is 2.38 bits per heavy atom. The molecule has 0 unspecified atom stereocenters. The lowest BCUT2D eigenvalue weighted by Crippen LogP contribution is -2.58. The number of piperazine rings is 1. The van der Waals surface area contributed by atoms with Crippen molar-refractivity contribution in [2.24, 2.45) is 5.92 Å². The SMILES string of the molecule is O=C(NCCN1CCCCC1)[C@H](C1CCCC1)N1CCN(C(=O)c2cccc(Br)c2)CC1. The van der Waals surface area contributed by atoms with Gasteiger partial charge in [0.15, 0.2) is 0 Å². The second-order valence-corrected chi connectivity index (χ2v) is 10.4. The molecule has 6 nitrogen and oxygen atoms in total. The van der Waals surface area contributed by atoms with Gasteiger partial charge in [-0.05, 0) is 62.9 Å². The van der Waals surface area contributed by atoms with Crippen molar-refractivity contribution in [2.45, 2.75) is 51.0 Å². The average molecular weight is 506 g/mol. The molecule has 2 aliphatic heterocycles. The number of carbonyl (C=O) groups is 2. The first-order valence-corrected chi connectivity index (χ1v) is 13.2. The van der Waals surface area contributed by atoms with Gasteiger partial charge in [-0.25, -0.2) is 0 Å². The maximum atomic E-state index is 13.3. The summed E-state index contributed by atoms with van der Waals surface area (Å²) >= 11 is 3.46. The number of nitrogens with one attached hydrogen (secondary N) is 1. The van der Waals surface area contributed by atoms with Crippen LogP contribution in [0.1, 0.15) is 55.3 Å². The fourth-order valence-corrected chi connectivity index (χ4v) is 5.98. The molecule has 4 rings (SSSR count). The van der Waals surface area contributed by atoms with Crippen LogP contribution >= 0.6 is 15.9 Å². The van der Waals surface area contributed by atoms with Crippen molar-refractivity contribution < 1.29 is 9.59 Å². The molecule has 1 aromatic rings. The zero-order chi connectivity index (χ0) is 22.3. The van der Waals surface area contributed by atoms with E-state index in [1.54, 1.807) is 0 Å². The monoisotopic (exact) mass is 504 g/mol. The lowest BCUT2D eigenvalue weighted by Gasteiger charge is -2.41. The molecule has 0 bridgehead atoms. The summed E-state index contributed by atoms with van der Waals surface area (Å²) in [5, 5.41) is 3.26. The van der Waals surface area contributed by atoms with Gasteiger partial charge in [-0.15, -0.1) is 0 Å². The first-order chi connectivity index (χ1) is 15.6. The summed E-state index contributed by atoms with van der Waals surface area (Å²) in [5.41, 5.74) is 0.718. The lowest BCUT2D eigenvalue weighted by atomic mass is 9.95. The van der Waals surface area contributed by atoms with Gasteiger partial charge in [0, 0.05) is 49.3 Å². The first-order valence-electron chi connectivity index (χ1n) is 12.4. The molecular formula is C25H37BrN4O2. The summed E-state index contributed by atoms with van der Waals surface area (Å²) in [6.07, 6.45) is 8.63. The van der Waals surface area contributed by atoms with Gasteiger partial charge in [0.05, 0.1) is 6.04 Å². The molecule has 0 aromatic heterocycles. The standard InChI is InChI=1S/C25H37BrN4O2/c26-22-10-6-9-21(19-22)25(32)30-17-15-29(16-18-30)23(20-7-2-3-8-20)24(31)27-11-14-28-12-4-1-5-13-28/h6,9-10,19-20,23H,1-5,7-8,11-18H2,(H,27,31)/t23-/m0/s1. The highest BCUT2D eigenvalue weighted by Crippen LogP contribution is 2.31. The van der Waals surface area contributed by atoms with Crippen LogP contribution in [0.25, 0.3) is 0 Å². The van der Waals surface area contributed by atoms with Crippen LogP contribution in [0.4, 0.5) is 0 Å². The van der Waals surface area contributed by atoms with Gasteiger partial charge in [-0.1, -0.05) is 41.3 Å². The Labute approximate surface area is 200 Å². The highest BCUT2D eigenvalue weighted by molar-refractivity contribution is 9.10. The molecule has 2 saturated heterocycles. The van der Waals surface area contributed by atoms with Gasteiger partial charge in [0.2, 0.25) is 5.91 Å². The van der Waals surface area contributed by atoms with E-state index in [2.05, 4.69) is 31.0 Å². The quantitative estimate of drug-likeness (QED) is 0.618. The highest BCUT2D eigenvalue weighted by atomic mass is 79.9. The van der Waals surface area contributed by atoms with Crippen molar-refractivity contribution in [3.05, 3.63) is 34.3 Å². The molecule has 0 spiro atoms. The Kier molecular flexibility index (Phi) is 8.61. The molecule has 32 heavy (non-hydrogen) atoms. The van der Waals surface area contributed by atoms with Crippen molar-refractivity contribution in [1.82, 2.24) is 20.0 Å². The zero-order valence-electron chi connectivity index (χ0n) is 19.1. The van der Waals surface area contributed by atoms with Crippen molar-refractivity contribution in [2.75, 3.05) is 52.4 Å². The van der Waals surface area contributed by atoms with Gasteiger partial charge < -0.3 is 15.1 Å². The predicted molar refractivity (Wildman–Crippen MR) is 131 cm³/mol. The first kappa shape index (κ1) is 23.7. The summed E-state index contributed by atoms with van der Waals surface area (Å²) in [5.74, 6) is 0.715. The fourth-order valence-electron chi connectivity index (χ4n) is 5.58.